The third-order valence-corrected chi connectivity index (χ3v) is 4.16. The standard InChI is InChI=1S/C20H19N3O4/c24-18(21-12-15-13-25-16-8-4-5-9-17(16)26-15)10-11-19-22-20(23-27-19)14-6-2-1-3-7-14/h1-9,15H,10-13H2,(H,21,24)/t15-/m1/s1. The Bertz CT molecular complexity index is 910. The van der Waals surface area contributed by atoms with Gasteiger partial charge in [-0.1, -0.05) is 47.6 Å². The van der Waals surface area contributed by atoms with Crippen molar-refractivity contribution in [1.29, 1.82) is 0 Å². The normalized spacial score (nSPS) is 15.3. The summed E-state index contributed by atoms with van der Waals surface area (Å²) in [4.78, 5) is 16.4. The number of aryl methyl sites for hydroxylation is 1. The van der Waals surface area contributed by atoms with Crippen LogP contribution in [0.2, 0.25) is 0 Å². The zero-order chi connectivity index (χ0) is 18.5. The van der Waals surface area contributed by atoms with Crippen molar-refractivity contribution in [2.24, 2.45) is 0 Å². The van der Waals surface area contributed by atoms with Crippen molar-refractivity contribution in [3.63, 3.8) is 0 Å². The Hall–Kier alpha value is -3.35. The molecule has 0 unspecified atom stereocenters. The molecular weight excluding hydrogens is 346 g/mol. The van der Waals surface area contributed by atoms with Gasteiger partial charge in [-0.05, 0) is 12.1 Å². The van der Waals surface area contributed by atoms with Crippen LogP contribution in [0.3, 0.4) is 0 Å². The second kappa shape index (κ2) is 7.90. The van der Waals surface area contributed by atoms with Gasteiger partial charge in [-0.15, -0.1) is 0 Å². The quantitative estimate of drug-likeness (QED) is 0.723. The molecule has 0 radical (unpaired) electrons. The number of nitrogens with zero attached hydrogens (tertiary/aromatic N) is 2. The Balaban J connectivity index is 1.23. The van der Waals surface area contributed by atoms with Crippen LogP contribution >= 0.6 is 0 Å². The van der Waals surface area contributed by atoms with E-state index in [0.29, 0.717) is 37.0 Å². The first-order valence-electron chi connectivity index (χ1n) is 8.81. The lowest BCUT2D eigenvalue weighted by molar-refractivity contribution is -0.121. The largest absolute Gasteiger partial charge is 0.486 e. The predicted octanol–water partition coefficient (Wildman–Crippen LogP) is 2.63. The molecule has 1 aromatic heterocycles. The van der Waals surface area contributed by atoms with Gasteiger partial charge in [0, 0.05) is 18.4 Å². The van der Waals surface area contributed by atoms with E-state index in [9.17, 15) is 4.79 Å². The highest BCUT2D eigenvalue weighted by molar-refractivity contribution is 5.76. The first-order chi connectivity index (χ1) is 13.3. The fourth-order valence-electron chi connectivity index (χ4n) is 2.76. The van der Waals surface area contributed by atoms with Gasteiger partial charge >= 0.3 is 0 Å². The van der Waals surface area contributed by atoms with Crippen molar-refractivity contribution >= 4 is 5.91 Å². The van der Waals surface area contributed by atoms with E-state index in [1.807, 2.05) is 54.6 Å². The van der Waals surface area contributed by atoms with E-state index in [2.05, 4.69) is 15.5 Å². The Labute approximate surface area is 156 Å². The number of fused-ring (bicyclic) bond motifs is 1. The molecule has 2 aromatic carbocycles. The molecule has 0 aliphatic carbocycles. The molecule has 0 saturated heterocycles. The molecule has 2 heterocycles. The Morgan fingerprint density at radius 1 is 1.07 bits per heavy atom. The number of amides is 1. The molecule has 1 aliphatic heterocycles. The lowest BCUT2D eigenvalue weighted by Gasteiger charge is -2.26. The molecule has 0 fully saturated rings. The molecule has 7 nitrogen and oxygen atoms in total. The molecule has 1 amide bonds. The van der Waals surface area contributed by atoms with E-state index in [0.717, 1.165) is 11.3 Å². The smallest absolute Gasteiger partial charge is 0.227 e. The number of para-hydroxylation sites is 2. The summed E-state index contributed by atoms with van der Waals surface area (Å²) in [6.45, 7) is 0.785. The van der Waals surface area contributed by atoms with Crippen molar-refractivity contribution in [1.82, 2.24) is 15.5 Å². The fourth-order valence-corrected chi connectivity index (χ4v) is 2.76. The van der Waals surface area contributed by atoms with Gasteiger partial charge in [-0.2, -0.15) is 4.98 Å². The summed E-state index contributed by atoms with van der Waals surface area (Å²) in [6, 6.07) is 17.1. The first-order valence-corrected chi connectivity index (χ1v) is 8.81. The van der Waals surface area contributed by atoms with Crippen LogP contribution in [0.5, 0.6) is 11.5 Å². The molecule has 4 rings (SSSR count). The minimum atomic E-state index is -0.211. The number of carbonyl (C=O) groups is 1. The molecule has 138 valence electrons. The summed E-state index contributed by atoms with van der Waals surface area (Å²) in [5, 5.41) is 6.81. The molecule has 0 spiro atoms. The van der Waals surface area contributed by atoms with E-state index in [4.69, 9.17) is 14.0 Å². The predicted molar refractivity (Wildman–Crippen MR) is 97.4 cm³/mol. The van der Waals surface area contributed by atoms with Gasteiger partial charge < -0.3 is 19.3 Å². The van der Waals surface area contributed by atoms with Crippen LogP contribution in [0.25, 0.3) is 11.4 Å². The van der Waals surface area contributed by atoms with Crippen LogP contribution in [0.15, 0.2) is 59.1 Å². The van der Waals surface area contributed by atoms with Crippen molar-refractivity contribution in [3.05, 3.63) is 60.5 Å². The number of hydrogen-bond donors (Lipinski definition) is 1. The Kier molecular flexibility index (Phi) is 5.00. The highest BCUT2D eigenvalue weighted by Gasteiger charge is 2.21. The highest BCUT2D eigenvalue weighted by Crippen LogP contribution is 2.30. The van der Waals surface area contributed by atoms with E-state index < -0.39 is 0 Å². The molecule has 7 heteroatoms. The molecule has 1 aliphatic rings. The SMILES string of the molecule is O=C(CCc1nc(-c2ccccc2)no1)NC[C@@H]1COc2ccccc2O1. The van der Waals surface area contributed by atoms with E-state index in [1.54, 1.807) is 0 Å². The summed E-state index contributed by atoms with van der Waals surface area (Å²) in [5.41, 5.74) is 0.881. The number of ether oxygens (including phenoxy) is 2. The van der Waals surface area contributed by atoms with Gasteiger partial charge in [0.05, 0.1) is 6.54 Å². The minimum Gasteiger partial charge on any atom is -0.486 e. The number of carbonyl (C=O) groups excluding carboxylic acids is 1. The maximum Gasteiger partial charge on any atom is 0.227 e. The number of hydrogen-bond acceptors (Lipinski definition) is 6. The zero-order valence-corrected chi connectivity index (χ0v) is 14.6. The van der Waals surface area contributed by atoms with Crippen LogP contribution < -0.4 is 14.8 Å². The Morgan fingerprint density at radius 2 is 1.85 bits per heavy atom. The maximum atomic E-state index is 12.1. The summed E-state index contributed by atoms with van der Waals surface area (Å²) in [6.07, 6.45) is 0.439. The van der Waals surface area contributed by atoms with Crippen LogP contribution in [0.4, 0.5) is 0 Å². The second-order valence-electron chi connectivity index (χ2n) is 6.18. The molecule has 3 aromatic rings. The number of rotatable bonds is 6. The zero-order valence-electron chi connectivity index (χ0n) is 14.6. The van der Waals surface area contributed by atoms with Crippen molar-refractivity contribution in [2.75, 3.05) is 13.2 Å². The average Bonchev–Trinajstić information content (AvgIpc) is 3.20. The topological polar surface area (TPSA) is 86.5 Å². The van der Waals surface area contributed by atoms with E-state index in [-0.39, 0.29) is 18.4 Å². The summed E-state index contributed by atoms with van der Waals surface area (Å²) in [7, 11) is 0. The first kappa shape index (κ1) is 17.1. The van der Waals surface area contributed by atoms with Crippen molar-refractivity contribution < 1.29 is 18.8 Å². The lowest BCUT2D eigenvalue weighted by atomic mass is 10.2. The molecule has 1 N–H and O–H groups in total. The van der Waals surface area contributed by atoms with Crippen LogP contribution in [-0.4, -0.2) is 35.3 Å². The number of benzene rings is 2. The van der Waals surface area contributed by atoms with Crippen LogP contribution in [0, 0.1) is 0 Å². The molecule has 1 atom stereocenters. The van der Waals surface area contributed by atoms with Crippen molar-refractivity contribution in [3.8, 4) is 22.9 Å². The summed E-state index contributed by atoms with van der Waals surface area (Å²) in [5.74, 6) is 2.29. The minimum absolute atomic E-state index is 0.100. The molecule has 27 heavy (non-hydrogen) atoms. The maximum absolute atomic E-state index is 12.1. The molecular formula is C20H19N3O4. The van der Waals surface area contributed by atoms with Gasteiger partial charge in [0.15, 0.2) is 11.5 Å². The van der Waals surface area contributed by atoms with E-state index >= 15 is 0 Å². The summed E-state index contributed by atoms with van der Waals surface area (Å²) < 4.78 is 16.7. The second-order valence-corrected chi connectivity index (χ2v) is 6.18. The average molecular weight is 365 g/mol. The Morgan fingerprint density at radius 3 is 2.70 bits per heavy atom. The number of aromatic nitrogens is 2. The molecule has 0 saturated carbocycles. The van der Waals surface area contributed by atoms with Crippen LogP contribution in [0.1, 0.15) is 12.3 Å². The number of nitrogens with one attached hydrogen (secondary N) is 1. The van der Waals surface area contributed by atoms with Gasteiger partial charge in [0.1, 0.15) is 12.7 Å². The third kappa shape index (κ3) is 4.25. The van der Waals surface area contributed by atoms with Gasteiger partial charge in [-0.3, -0.25) is 4.79 Å². The molecule has 0 bridgehead atoms. The van der Waals surface area contributed by atoms with Gasteiger partial charge in [0.25, 0.3) is 0 Å². The third-order valence-electron chi connectivity index (χ3n) is 4.16. The monoisotopic (exact) mass is 365 g/mol. The highest BCUT2D eigenvalue weighted by atomic mass is 16.6. The summed E-state index contributed by atoms with van der Waals surface area (Å²) >= 11 is 0. The van der Waals surface area contributed by atoms with Gasteiger partial charge in [-0.25, -0.2) is 0 Å². The van der Waals surface area contributed by atoms with Crippen molar-refractivity contribution in [2.45, 2.75) is 18.9 Å². The van der Waals surface area contributed by atoms with Crippen LogP contribution in [-0.2, 0) is 11.2 Å². The van der Waals surface area contributed by atoms with E-state index in [1.165, 1.54) is 0 Å². The lowest BCUT2D eigenvalue weighted by Crippen LogP contribution is -2.40. The van der Waals surface area contributed by atoms with Gasteiger partial charge in [0.2, 0.25) is 17.6 Å². The fraction of sp³-hybridized carbons (Fsp3) is 0.250.